The molecule has 0 spiro atoms. The number of aryl methyl sites for hydroxylation is 1. The highest BCUT2D eigenvalue weighted by molar-refractivity contribution is 7.17. The molecule has 4 aromatic rings. The number of halogens is 1. The van der Waals surface area contributed by atoms with Gasteiger partial charge in [-0.25, -0.2) is 9.78 Å². The van der Waals surface area contributed by atoms with Crippen LogP contribution in [0.5, 0.6) is 5.75 Å². The molecule has 8 nitrogen and oxygen atoms in total. The number of thiazole rings is 1. The van der Waals surface area contributed by atoms with Gasteiger partial charge in [0.25, 0.3) is 5.91 Å². The maximum Gasteiger partial charge on any atom is 0.350 e. The molecule has 2 aromatic heterocycles. The Morgan fingerprint density at radius 3 is 2.58 bits per heavy atom. The fourth-order valence-corrected chi connectivity index (χ4v) is 5.40. The zero-order valence-corrected chi connectivity index (χ0v) is 21.2. The van der Waals surface area contributed by atoms with Crippen LogP contribution in [-0.4, -0.2) is 30.1 Å². The highest BCUT2D eigenvalue weighted by Gasteiger charge is 2.45. The van der Waals surface area contributed by atoms with Crippen LogP contribution in [0.4, 0.5) is 5.13 Å². The van der Waals surface area contributed by atoms with Gasteiger partial charge in [-0.15, -0.1) is 0 Å². The molecule has 10 heteroatoms. The molecular formula is C26H21ClN2O6S. The van der Waals surface area contributed by atoms with Gasteiger partial charge in [0, 0.05) is 5.02 Å². The second kappa shape index (κ2) is 9.40. The number of carbonyl (C=O) groups is 2. The quantitative estimate of drug-likeness (QED) is 0.305. The average Bonchev–Trinajstić information content (AvgIpc) is 3.38. The van der Waals surface area contributed by atoms with E-state index in [1.165, 1.54) is 11.0 Å². The highest BCUT2D eigenvalue weighted by atomic mass is 35.5. The Hall–Kier alpha value is -3.69. The van der Waals surface area contributed by atoms with Crippen molar-refractivity contribution in [3.05, 3.63) is 85.2 Å². The summed E-state index contributed by atoms with van der Waals surface area (Å²) in [6.45, 7) is 5.98. The molecule has 1 atom stereocenters. The predicted molar refractivity (Wildman–Crippen MR) is 137 cm³/mol. The number of ether oxygens (including phenoxy) is 2. The van der Waals surface area contributed by atoms with Crippen molar-refractivity contribution in [2.75, 3.05) is 18.1 Å². The van der Waals surface area contributed by atoms with Gasteiger partial charge in [0.2, 0.25) is 5.76 Å². The first-order valence-electron chi connectivity index (χ1n) is 11.3. The van der Waals surface area contributed by atoms with Crippen LogP contribution in [0.2, 0.25) is 5.02 Å². The normalized spacial score (nSPS) is 14.8. The van der Waals surface area contributed by atoms with E-state index in [4.69, 9.17) is 25.5 Å². The van der Waals surface area contributed by atoms with Crippen LogP contribution in [-0.2, 0) is 4.74 Å². The molecule has 0 radical (unpaired) electrons. The number of rotatable bonds is 6. The van der Waals surface area contributed by atoms with E-state index >= 15 is 0 Å². The lowest BCUT2D eigenvalue weighted by Crippen LogP contribution is -2.29. The lowest BCUT2D eigenvalue weighted by Gasteiger charge is -2.22. The lowest BCUT2D eigenvalue weighted by atomic mass is 9.98. The number of anilines is 1. The van der Waals surface area contributed by atoms with Gasteiger partial charge in [-0.1, -0.05) is 35.1 Å². The van der Waals surface area contributed by atoms with Gasteiger partial charge in [-0.05, 0) is 56.7 Å². The molecule has 0 aliphatic carbocycles. The number of benzene rings is 2. The van der Waals surface area contributed by atoms with E-state index in [1.807, 2.05) is 6.92 Å². The second-order valence-corrected chi connectivity index (χ2v) is 9.44. The van der Waals surface area contributed by atoms with Crippen molar-refractivity contribution in [3.63, 3.8) is 0 Å². The van der Waals surface area contributed by atoms with E-state index in [2.05, 4.69) is 4.98 Å². The number of amides is 1. The minimum atomic E-state index is -0.830. The average molecular weight is 525 g/mol. The molecule has 1 amide bonds. The maximum absolute atomic E-state index is 13.7. The Balaban J connectivity index is 1.72. The Bertz CT molecular complexity index is 1560. The van der Waals surface area contributed by atoms with Crippen LogP contribution in [0.1, 0.15) is 56.9 Å². The van der Waals surface area contributed by atoms with Gasteiger partial charge in [0.15, 0.2) is 10.6 Å². The summed E-state index contributed by atoms with van der Waals surface area (Å²) in [5.41, 5.74) is 1.17. The molecule has 3 heterocycles. The Labute approximate surface area is 215 Å². The molecular weight excluding hydrogens is 504 g/mol. The summed E-state index contributed by atoms with van der Waals surface area (Å²) in [7, 11) is 0. The van der Waals surface area contributed by atoms with Crippen molar-refractivity contribution in [1.82, 2.24) is 4.98 Å². The summed E-state index contributed by atoms with van der Waals surface area (Å²) in [4.78, 5) is 46.0. The summed E-state index contributed by atoms with van der Waals surface area (Å²) in [5, 5.41) is 0.907. The molecule has 0 saturated heterocycles. The maximum atomic E-state index is 13.7. The first-order valence-corrected chi connectivity index (χ1v) is 12.5. The molecule has 1 aliphatic rings. The fourth-order valence-electron chi connectivity index (χ4n) is 4.24. The number of fused-ring (bicyclic) bond motifs is 2. The second-order valence-electron chi connectivity index (χ2n) is 8.03. The van der Waals surface area contributed by atoms with Crippen LogP contribution < -0.4 is 15.1 Å². The summed E-state index contributed by atoms with van der Waals surface area (Å²) < 4.78 is 16.6. The van der Waals surface area contributed by atoms with Crippen LogP contribution >= 0.6 is 22.9 Å². The molecule has 36 heavy (non-hydrogen) atoms. The van der Waals surface area contributed by atoms with Gasteiger partial charge in [0.05, 0.1) is 35.9 Å². The molecule has 0 bridgehead atoms. The standard InChI is InChI=1S/C26H21ClN2O6S/c1-4-33-16-9-6-14(7-10-16)20-19-21(30)17-12-15(27)8-11-18(17)35-22(19)24(31)29(20)26-28-13(3)23(36-26)25(32)34-5-2/h6-12,20H,4-5H2,1-3H3. The largest absolute Gasteiger partial charge is 0.494 e. The SMILES string of the molecule is CCOC(=O)c1sc(N2C(=O)c3oc4ccc(Cl)cc4c(=O)c3C2c2ccc(OCC)cc2)nc1C. The number of nitrogens with zero attached hydrogens (tertiary/aromatic N) is 2. The number of hydrogen-bond donors (Lipinski definition) is 0. The van der Waals surface area contributed by atoms with Crippen molar-refractivity contribution < 1.29 is 23.5 Å². The zero-order chi connectivity index (χ0) is 25.6. The van der Waals surface area contributed by atoms with Crippen molar-refractivity contribution in [2.24, 2.45) is 0 Å². The predicted octanol–water partition coefficient (Wildman–Crippen LogP) is 5.54. The third-order valence-corrected chi connectivity index (χ3v) is 7.16. The smallest absolute Gasteiger partial charge is 0.350 e. The van der Waals surface area contributed by atoms with E-state index in [1.54, 1.807) is 50.2 Å². The van der Waals surface area contributed by atoms with Crippen LogP contribution in [0.25, 0.3) is 11.0 Å². The van der Waals surface area contributed by atoms with E-state index < -0.39 is 17.9 Å². The molecule has 5 rings (SSSR count). The summed E-state index contributed by atoms with van der Waals surface area (Å²) in [6.07, 6.45) is 0. The number of carbonyl (C=O) groups excluding carboxylic acids is 2. The van der Waals surface area contributed by atoms with Gasteiger partial charge in [-0.2, -0.15) is 0 Å². The van der Waals surface area contributed by atoms with Crippen LogP contribution in [0, 0.1) is 6.92 Å². The van der Waals surface area contributed by atoms with Crippen molar-refractivity contribution in [3.8, 4) is 5.75 Å². The summed E-state index contributed by atoms with van der Waals surface area (Å²) in [5.74, 6) is -0.458. The number of hydrogen-bond acceptors (Lipinski definition) is 8. The lowest BCUT2D eigenvalue weighted by molar-refractivity contribution is 0.0531. The molecule has 0 saturated carbocycles. The monoisotopic (exact) mass is 524 g/mol. The molecule has 0 N–H and O–H groups in total. The minimum absolute atomic E-state index is 0.0701. The molecule has 2 aromatic carbocycles. The van der Waals surface area contributed by atoms with Gasteiger partial charge in [-0.3, -0.25) is 14.5 Å². The molecule has 1 unspecified atom stereocenters. The first kappa shape index (κ1) is 24.0. The van der Waals surface area contributed by atoms with Gasteiger partial charge < -0.3 is 13.9 Å². The van der Waals surface area contributed by atoms with Gasteiger partial charge >= 0.3 is 5.97 Å². The van der Waals surface area contributed by atoms with Gasteiger partial charge in [0.1, 0.15) is 16.2 Å². The fraction of sp³-hybridized carbons (Fsp3) is 0.231. The Morgan fingerprint density at radius 1 is 1.14 bits per heavy atom. The number of esters is 1. The van der Waals surface area contributed by atoms with E-state index in [-0.39, 0.29) is 44.3 Å². The zero-order valence-electron chi connectivity index (χ0n) is 19.7. The van der Waals surface area contributed by atoms with Crippen molar-refractivity contribution in [1.29, 1.82) is 0 Å². The highest BCUT2D eigenvalue weighted by Crippen LogP contribution is 2.43. The van der Waals surface area contributed by atoms with E-state index in [0.717, 1.165) is 11.3 Å². The third-order valence-electron chi connectivity index (χ3n) is 5.79. The van der Waals surface area contributed by atoms with Crippen molar-refractivity contribution in [2.45, 2.75) is 26.8 Å². The molecule has 184 valence electrons. The van der Waals surface area contributed by atoms with E-state index in [9.17, 15) is 14.4 Å². The molecule has 0 fully saturated rings. The minimum Gasteiger partial charge on any atom is -0.494 e. The first-order chi connectivity index (χ1) is 17.3. The summed E-state index contributed by atoms with van der Waals surface area (Å²) >= 11 is 7.18. The Morgan fingerprint density at radius 2 is 1.89 bits per heavy atom. The molecule has 1 aliphatic heterocycles. The van der Waals surface area contributed by atoms with Crippen LogP contribution in [0.15, 0.2) is 51.7 Å². The topological polar surface area (TPSA) is 98.9 Å². The van der Waals surface area contributed by atoms with Crippen LogP contribution in [0.3, 0.4) is 0 Å². The summed E-state index contributed by atoms with van der Waals surface area (Å²) in [6, 6.07) is 11.0. The number of aromatic nitrogens is 1. The Kier molecular flexibility index (Phi) is 6.27. The third kappa shape index (κ3) is 3.94. The van der Waals surface area contributed by atoms with Crippen molar-refractivity contribution >= 4 is 50.9 Å². The van der Waals surface area contributed by atoms with E-state index in [0.29, 0.717) is 28.6 Å².